The van der Waals surface area contributed by atoms with E-state index in [9.17, 15) is 0 Å². The van der Waals surface area contributed by atoms with Gasteiger partial charge in [0.1, 0.15) is 5.75 Å². The lowest BCUT2D eigenvalue weighted by Crippen LogP contribution is -2.01. The number of aromatic nitrogens is 1. The first-order valence-electron chi connectivity index (χ1n) is 5.02. The standard InChI is InChI=1S/C13H13NO/c1-2-6-13(7-3-1)15-10-8-12-5-4-9-14-11-12/h1-7,9,11H,8,10H2. The van der Waals surface area contributed by atoms with Crippen molar-refractivity contribution < 1.29 is 4.74 Å². The summed E-state index contributed by atoms with van der Waals surface area (Å²) in [5.41, 5.74) is 1.20. The van der Waals surface area contributed by atoms with Crippen molar-refractivity contribution >= 4 is 0 Å². The molecular weight excluding hydrogens is 186 g/mol. The lowest BCUT2D eigenvalue weighted by Gasteiger charge is -2.05. The zero-order valence-electron chi connectivity index (χ0n) is 8.47. The molecule has 0 aliphatic rings. The second-order valence-electron chi connectivity index (χ2n) is 3.27. The fourth-order valence-corrected chi connectivity index (χ4v) is 1.35. The fraction of sp³-hybridized carbons (Fsp3) is 0.154. The topological polar surface area (TPSA) is 22.1 Å². The molecule has 0 amide bonds. The zero-order chi connectivity index (χ0) is 10.3. The maximum absolute atomic E-state index is 5.58. The summed E-state index contributed by atoms with van der Waals surface area (Å²) in [6.45, 7) is 0.690. The van der Waals surface area contributed by atoms with E-state index in [-0.39, 0.29) is 0 Å². The van der Waals surface area contributed by atoms with Gasteiger partial charge in [-0.1, -0.05) is 24.3 Å². The summed E-state index contributed by atoms with van der Waals surface area (Å²) in [4.78, 5) is 4.05. The lowest BCUT2D eigenvalue weighted by molar-refractivity contribution is 0.322. The molecule has 2 heteroatoms. The highest BCUT2D eigenvalue weighted by molar-refractivity contribution is 5.21. The first-order valence-corrected chi connectivity index (χ1v) is 5.02. The van der Waals surface area contributed by atoms with Crippen LogP contribution >= 0.6 is 0 Å². The highest BCUT2D eigenvalue weighted by atomic mass is 16.5. The van der Waals surface area contributed by atoms with Gasteiger partial charge in [-0.15, -0.1) is 0 Å². The Morgan fingerprint density at radius 3 is 2.60 bits per heavy atom. The van der Waals surface area contributed by atoms with Gasteiger partial charge in [-0.05, 0) is 23.8 Å². The van der Waals surface area contributed by atoms with Crippen molar-refractivity contribution in [1.82, 2.24) is 4.98 Å². The molecule has 0 radical (unpaired) electrons. The summed E-state index contributed by atoms with van der Waals surface area (Å²) in [6.07, 6.45) is 4.54. The van der Waals surface area contributed by atoms with E-state index in [0.717, 1.165) is 12.2 Å². The Morgan fingerprint density at radius 1 is 1.00 bits per heavy atom. The fourth-order valence-electron chi connectivity index (χ4n) is 1.35. The Balaban J connectivity index is 1.81. The van der Waals surface area contributed by atoms with Gasteiger partial charge in [-0.25, -0.2) is 0 Å². The SMILES string of the molecule is c1ccc(OCCc2cccnc2)cc1. The molecule has 2 nitrogen and oxygen atoms in total. The van der Waals surface area contributed by atoms with E-state index in [4.69, 9.17) is 4.74 Å². The van der Waals surface area contributed by atoms with E-state index in [0.29, 0.717) is 6.61 Å². The highest BCUT2D eigenvalue weighted by Crippen LogP contribution is 2.08. The van der Waals surface area contributed by atoms with E-state index in [1.165, 1.54) is 5.56 Å². The first-order chi connectivity index (χ1) is 7.45. The quantitative estimate of drug-likeness (QED) is 0.755. The minimum absolute atomic E-state index is 0.690. The number of pyridine rings is 1. The Morgan fingerprint density at radius 2 is 1.87 bits per heavy atom. The van der Waals surface area contributed by atoms with Crippen LogP contribution in [0.3, 0.4) is 0 Å². The van der Waals surface area contributed by atoms with Crippen LogP contribution in [0.1, 0.15) is 5.56 Å². The average molecular weight is 199 g/mol. The monoisotopic (exact) mass is 199 g/mol. The molecule has 0 bridgehead atoms. The molecule has 15 heavy (non-hydrogen) atoms. The minimum atomic E-state index is 0.690. The van der Waals surface area contributed by atoms with Crippen molar-refractivity contribution in [2.75, 3.05) is 6.61 Å². The lowest BCUT2D eigenvalue weighted by atomic mass is 10.2. The van der Waals surface area contributed by atoms with Gasteiger partial charge in [0.15, 0.2) is 0 Å². The maximum Gasteiger partial charge on any atom is 0.119 e. The van der Waals surface area contributed by atoms with Crippen molar-refractivity contribution in [1.29, 1.82) is 0 Å². The van der Waals surface area contributed by atoms with Gasteiger partial charge < -0.3 is 4.74 Å². The zero-order valence-corrected chi connectivity index (χ0v) is 8.47. The van der Waals surface area contributed by atoms with Crippen LogP contribution in [0.2, 0.25) is 0 Å². The molecule has 0 aliphatic heterocycles. The van der Waals surface area contributed by atoms with Gasteiger partial charge in [-0.3, -0.25) is 4.98 Å². The summed E-state index contributed by atoms with van der Waals surface area (Å²) in [5, 5.41) is 0. The van der Waals surface area contributed by atoms with Crippen molar-refractivity contribution in [3.8, 4) is 5.75 Å². The van der Waals surface area contributed by atoms with E-state index in [2.05, 4.69) is 11.1 Å². The van der Waals surface area contributed by atoms with Gasteiger partial charge in [0.25, 0.3) is 0 Å². The predicted octanol–water partition coefficient (Wildman–Crippen LogP) is 2.70. The molecule has 0 atom stereocenters. The largest absolute Gasteiger partial charge is 0.493 e. The Bertz CT molecular complexity index is 346. The summed E-state index contributed by atoms with van der Waals surface area (Å²) in [6, 6.07) is 13.8. The van der Waals surface area contributed by atoms with Crippen LogP contribution in [0.25, 0.3) is 0 Å². The normalized spacial score (nSPS) is 9.87. The molecular formula is C13H13NO. The molecule has 0 saturated heterocycles. The number of para-hydroxylation sites is 1. The van der Waals surface area contributed by atoms with E-state index in [1.807, 2.05) is 42.6 Å². The number of hydrogen-bond acceptors (Lipinski definition) is 2. The summed E-state index contributed by atoms with van der Waals surface area (Å²) < 4.78 is 5.58. The third-order valence-corrected chi connectivity index (χ3v) is 2.13. The Kier molecular flexibility index (Phi) is 3.34. The van der Waals surface area contributed by atoms with Crippen LogP contribution in [0.4, 0.5) is 0 Å². The third-order valence-electron chi connectivity index (χ3n) is 2.13. The van der Waals surface area contributed by atoms with E-state index >= 15 is 0 Å². The van der Waals surface area contributed by atoms with Crippen molar-refractivity contribution in [2.24, 2.45) is 0 Å². The summed E-state index contributed by atoms with van der Waals surface area (Å²) in [5.74, 6) is 0.918. The van der Waals surface area contributed by atoms with Crippen LogP contribution < -0.4 is 4.74 Å². The van der Waals surface area contributed by atoms with E-state index in [1.54, 1.807) is 6.20 Å². The molecule has 0 fully saturated rings. The molecule has 0 aliphatic carbocycles. The van der Waals surface area contributed by atoms with Crippen molar-refractivity contribution in [3.05, 3.63) is 60.4 Å². The Hall–Kier alpha value is -1.83. The number of rotatable bonds is 4. The van der Waals surface area contributed by atoms with Crippen molar-refractivity contribution in [3.63, 3.8) is 0 Å². The van der Waals surface area contributed by atoms with Gasteiger partial charge in [0.2, 0.25) is 0 Å². The van der Waals surface area contributed by atoms with Crippen LogP contribution in [-0.4, -0.2) is 11.6 Å². The molecule has 1 aromatic carbocycles. The van der Waals surface area contributed by atoms with Gasteiger partial charge in [0, 0.05) is 18.8 Å². The molecule has 0 N–H and O–H groups in total. The predicted molar refractivity (Wildman–Crippen MR) is 59.9 cm³/mol. The number of nitrogens with zero attached hydrogens (tertiary/aromatic N) is 1. The molecule has 2 rings (SSSR count). The molecule has 2 aromatic rings. The third kappa shape index (κ3) is 3.09. The second-order valence-corrected chi connectivity index (χ2v) is 3.27. The molecule has 1 heterocycles. The number of hydrogen-bond donors (Lipinski definition) is 0. The summed E-state index contributed by atoms with van der Waals surface area (Å²) in [7, 11) is 0. The second kappa shape index (κ2) is 5.15. The van der Waals surface area contributed by atoms with Crippen LogP contribution in [-0.2, 0) is 6.42 Å². The minimum Gasteiger partial charge on any atom is -0.493 e. The van der Waals surface area contributed by atoms with Gasteiger partial charge in [0.05, 0.1) is 6.61 Å². The highest BCUT2D eigenvalue weighted by Gasteiger charge is 1.93. The summed E-state index contributed by atoms with van der Waals surface area (Å²) >= 11 is 0. The molecule has 0 spiro atoms. The molecule has 0 saturated carbocycles. The van der Waals surface area contributed by atoms with Crippen LogP contribution in [0, 0.1) is 0 Å². The van der Waals surface area contributed by atoms with Crippen LogP contribution in [0.15, 0.2) is 54.9 Å². The van der Waals surface area contributed by atoms with Gasteiger partial charge in [-0.2, -0.15) is 0 Å². The van der Waals surface area contributed by atoms with Crippen LogP contribution in [0.5, 0.6) is 5.75 Å². The average Bonchev–Trinajstić information content (AvgIpc) is 2.32. The number of ether oxygens (including phenoxy) is 1. The molecule has 1 aromatic heterocycles. The smallest absolute Gasteiger partial charge is 0.119 e. The maximum atomic E-state index is 5.58. The molecule has 0 unspecified atom stereocenters. The number of benzene rings is 1. The Labute approximate surface area is 89.6 Å². The van der Waals surface area contributed by atoms with Crippen molar-refractivity contribution in [2.45, 2.75) is 6.42 Å². The van der Waals surface area contributed by atoms with E-state index < -0.39 is 0 Å². The molecule has 76 valence electrons. The first kappa shape index (κ1) is 9.71. The van der Waals surface area contributed by atoms with Gasteiger partial charge >= 0.3 is 0 Å².